The summed E-state index contributed by atoms with van der Waals surface area (Å²) in [5.74, 6) is 0.903. The monoisotopic (exact) mass is 392 g/mol. The van der Waals surface area contributed by atoms with Gasteiger partial charge in [0.25, 0.3) is 5.91 Å². The van der Waals surface area contributed by atoms with Gasteiger partial charge in [-0.1, -0.05) is 11.6 Å². The van der Waals surface area contributed by atoms with Crippen LogP contribution in [-0.2, 0) is 9.59 Å². The Kier molecular flexibility index (Phi) is 6.30. The number of likely N-dealkylation sites (tertiary alicyclic amines) is 2. The van der Waals surface area contributed by atoms with Crippen molar-refractivity contribution >= 4 is 23.4 Å². The molecule has 0 aliphatic carbocycles. The smallest absolute Gasteiger partial charge is 0.266 e. The molecule has 0 bridgehead atoms. The third-order valence-electron chi connectivity index (χ3n) is 5.50. The van der Waals surface area contributed by atoms with Crippen LogP contribution in [0.5, 0.6) is 5.75 Å². The minimum absolute atomic E-state index is 0.0404. The minimum atomic E-state index is -0.961. The predicted octanol–water partition coefficient (Wildman–Crippen LogP) is 3.75. The minimum Gasteiger partial charge on any atom is -0.478 e. The molecule has 0 aromatic heterocycles. The highest BCUT2D eigenvalue weighted by atomic mass is 35.5. The largest absolute Gasteiger partial charge is 0.478 e. The van der Waals surface area contributed by atoms with Crippen molar-refractivity contribution in [3.63, 3.8) is 0 Å². The van der Waals surface area contributed by atoms with Gasteiger partial charge in [0, 0.05) is 37.1 Å². The highest BCUT2D eigenvalue weighted by Crippen LogP contribution is 2.26. The summed E-state index contributed by atoms with van der Waals surface area (Å²) in [6.45, 7) is 6.57. The first-order valence-electron chi connectivity index (χ1n) is 9.89. The van der Waals surface area contributed by atoms with Crippen LogP contribution in [0.1, 0.15) is 46.0 Å². The summed E-state index contributed by atoms with van der Waals surface area (Å²) in [4.78, 5) is 29.5. The van der Waals surface area contributed by atoms with Gasteiger partial charge in [0.2, 0.25) is 5.91 Å². The highest BCUT2D eigenvalue weighted by Gasteiger charge is 2.37. The molecule has 0 N–H and O–H groups in total. The fraction of sp³-hybridized carbons (Fsp3) is 0.619. The van der Waals surface area contributed by atoms with Crippen LogP contribution in [0.4, 0.5) is 0 Å². The summed E-state index contributed by atoms with van der Waals surface area (Å²) >= 11 is 5.90. The number of amides is 2. The molecule has 5 nitrogen and oxygen atoms in total. The van der Waals surface area contributed by atoms with Crippen molar-refractivity contribution in [2.45, 2.75) is 51.6 Å². The lowest BCUT2D eigenvalue weighted by atomic mass is 9.93. The lowest BCUT2D eigenvalue weighted by molar-refractivity contribution is -0.149. The number of hydrogen-bond acceptors (Lipinski definition) is 3. The molecule has 2 saturated heterocycles. The van der Waals surface area contributed by atoms with E-state index < -0.39 is 5.60 Å². The fourth-order valence-corrected chi connectivity index (χ4v) is 4.05. The molecule has 1 aromatic rings. The molecule has 1 aromatic carbocycles. The van der Waals surface area contributed by atoms with E-state index in [9.17, 15) is 9.59 Å². The van der Waals surface area contributed by atoms with Crippen LogP contribution >= 0.6 is 11.6 Å². The van der Waals surface area contributed by atoms with Crippen molar-refractivity contribution in [3.05, 3.63) is 29.3 Å². The maximum atomic E-state index is 12.9. The molecule has 2 amide bonds. The van der Waals surface area contributed by atoms with E-state index in [-0.39, 0.29) is 17.7 Å². The SMILES string of the molecule is CC(C)(Oc1ccc(Cl)cc1)C(=O)N1CCC(C(=O)N2CCCCC2)CC1. The number of ether oxygens (including phenoxy) is 1. The molecule has 0 unspecified atom stereocenters. The standard InChI is InChI=1S/C21H29ClN2O3/c1-21(2,27-18-8-6-17(22)7-9-18)20(26)24-14-10-16(11-15-24)19(25)23-12-4-3-5-13-23/h6-9,16H,3-5,10-15H2,1-2H3. The number of halogens is 1. The molecule has 2 heterocycles. The zero-order valence-electron chi connectivity index (χ0n) is 16.2. The topological polar surface area (TPSA) is 49.9 Å². The fourth-order valence-electron chi connectivity index (χ4n) is 3.92. The van der Waals surface area contributed by atoms with Crippen molar-refractivity contribution < 1.29 is 14.3 Å². The van der Waals surface area contributed by atoms with E-state index in [2.05, 4.69) is 0 Å². The maximum absolute atomic E-state index is 12.9. The number of carbonyl (C=O) groups excluding carboxylic acids is 2. The van der Waals surface area contributed by atoms with Gasteiger partial charge in [0.1, 0.15) is 5.75 Å². The second-order valence-electron chi connectivity index (χ2n) is 8.02. The summed E-state index contributed by atoms with van der Waals surface area (Å²) in [7, 11) is 0. The first-order chi connectivity index (χ1) is 12.9. The Morgan fingerprint density at radius 2 is 1.56 bits per heavy atom. The van der Waals surface area contributed by atoms with E-state index in [4.69, 9.17) is 16.3 Å². The number of carbonyl (C=O) groups is 2. The number of nitrogens with zero attached hydrogens (tertiary/aromatic N) is 2. The lowest BCUT2D eigenvalue weighted by Crippen LogP contribution is -2.52. The Morgan fingerprint density at radius 1 is 0.963 bits per heavy atom. The first kappa shape index (κ1) is 20.0. The van der Waals surface area contributed by atoms with Crippen LogP contribution in [0.2, 0.25) is 5.02 Å². The number of hydrogen-bond donors (Lipinski definition) is 0. The Hall–Kier alpha value is -1.75. The van der Waals surface area contributed by atoms with Crippen molar-refractivity contribution in [1.82, 2.24) is 9.80 Å². The van der Waals surface area contributed by atoms with Gasteiger partial charge in [-0.2, -0.15) is 0 Å². The van der Waals surface area contributed by atoms with E-state index in [1.54, 1.807) is 38.1 Å². The maximum Gasteiger partial charge on any atom is 0.266 e. The Bertz CT molecular complexity index is 661. The van der Waals surface area contributed by atoms with E-state index in [0.717, 1.165) is 38.8 Å². The molecule has 27 heavy (non-hydrogen) atoms. The Labute approximate surface area is 166 Å². The summed E-state index contributed by atoms with van der Waals surface area (Å²) in [6, 6.07) is 7.02. The average molecular weight is 393 g/mol. The molecular weight excluding hydrogens is 364 g/mol. The van der Waals surface area contributed by atoms with Gasteiger partial charge in [0.15, 0.2) is 5.60 Å². The highest BCUT2D eigenvalue weighted by molar-refractivity contribution is 6.30. The molecule has 2 fully saturated rings. The van der Waals surface area contributed by atoms with Crippen LogP contribution < -0.4 is 4.74 Å². The number of benzene rings is 1. The van der Waals surface area contributed by atoms with E-state index in [1.807, 2.05) is 9.80 Å². The molecule has 2 aliphatic rings. The van der Waals surface area contributed by atoms with Crippen LogP contribution in [0.15, 0.2) is 24.3 Å². The third-order valence-corrected chi connectivity index (χ3v) is 5.75. The molecule has 0 saturated carbocycles. The van der Waals surface area contributed by atoms with Crippen LogP contribution in [0.25, 0.3) is 0 Å². The Balaban J connectivity index is 1.53. The van der Waals surface area contributed by atoms with Gasteiger partial charge in [0.05, 0.1) is 0 Å². The van der Waals surface area contributed by atoms with Crippen molar-refractivity contribution in [1.29, 1.82) is 0 Å². The van der Waals surface area contributed by atoms with E-state index in [0.29, 0.717) is 23.9 Å². The van der Waals surface area contributed by atoms with Gasteiger partial charge < -0.3 is 14.5 Å². The van der Waals surface area contributed by atoms with Gasteiger partial charge >= 0.3 is 0 Å². The molecule has 3 rings (SSSR count). The second kappa shape index (κ2) is 8.51. The van der Waals surface area contributed by atoms with Crippen LogP contribution in [0, 0.1) is 5.92 Å². The Morgan fingerprint density at radius 3 is 2.15 bits per heavy atom. The molecule has 0 radical (unpaired) electrons. The van der Waals surface area contributed by atoms with Crippen LogP contribution in [0.3, 0.4) is 0 Å². The summed E-state index contributed by atoms with van der Waals surface area (Å²) in [6.07, 6.45) is 4.91. The molecular formula is C21H29ClN2O3. The zero-order valence-corrected chi connectivity index (χ0v) is 17.0. The van der Waals surface area contributed by atoms with Gasteiger partial charge in [-0.25, -0.2) is 0 Å². The molecule has 2 aliphatic heterocycles. The molecule has 0 spiro atoms. The van der Waals surface area contributed by atoms with Crippen molar-refractivity contribution in [3.8, 4) is 5.75 Å². The van der Waals surface area contributed by atoms with Crippen molar-refractivity contribution in [2.75, 3.05) is 26.2 Å². The van der Waals surface area contributed by atoms with Gasteiger partial charge in [-0.15, -0.1) is 0 Å². The van der Waals surface area contributed by atoms with Crippen molar-refractivity contribution in [2.24, 2.45) is 5.92 Å². The third kappa shape index (κ3) is 4.95. The van der Waals surface area contributed by atoms with Crippen LogP contribution in [-0.4, -0.2) is 53.4 Å². The number of piperidine rings is 2. The summed E-state index contributed by atoms with van der Waals surface area (Å²) in [5.41, 5.74) is -0.961. The van der Waals surface area contributed by atoms with E-state index >= 15 is 0 Å². The van der Waals surface area contributed by atoms with Gasteiger partial charge in [-0.3, -0.25) is 9.59 Å². The first-order valence-corrected chi connectivity index (χ1v) is 10.3. The van der Waals surface area contributed by atoms with Gasteiger partial charge in [-0.05, 0) is 70.2 Å². The van der Waals surface area contributed by atoms with E-state index in [1.165, 1.54) is 6.42 Å². The summed E-state index contributed by atoms with van der Waals surface area (Å²) in [5, 5.41) is 0.631. The molecule has 0 atom stereocenters. The molecule has 6 heteroatoms. The quantitative estimate of drug-likeness (QED) is 0.784. The second-order valence-corrected chi connectivity index (χ2v) is 8.46. The normalized spacial score (nSPS) is 19.1. The average Bonchev–Trinajstić information content (AvgIpc) is 2.69. The summed E-state index contributed by atoms with van der Waals surface area (Å²) < 4.78 is 5.92. The zero-order chi connectivity index (χ0) is 19.4. The number of rotatable bonds is 4. The lowest BCUT2D eigenvalue weighted by Gasteiger charge is -2.38. The molecule has 148 valence electrons. The predicted molar refractivity (Wildman–Crippen MR) is 106 cm³/mol.